The average molecular weight is 195 g/mol. The molecule has 2 aliphatic rings. The highest BCUT2D eigenvalue weighted by Gasteiger charge is 2.61. The molecule has 2 saturated carbocycles. The third kappa shape index (κ3) is 1.50. The monoisotopic (exact) mass is 195 g/mol. The molecule has 2 atom stereocenters. The summed E-state index contributed by atoms with van der Waals surface area (Å²) in [5.41, 5.74) is 1.35. The first-order chi connectivity index (χ1) is 6.62. The van der Waals surface area contributed by atoms with Crippen molar-refractivity contribution in [2.24, 2.45) is 16.7 Å². The molecule has 14 heavy (non-hydrogen) atoms. The maximum Gasteiger partial charge on any atom is -0.00149 e. The van der Waals surface area contributed by atoms with E-state index in [9.17, 15) is 0 Å². The standard InChI is InChI=1S/C13H25N/c1-4-14-10-11-9-13(11)8-6-5-7-12(13,2)3/h11,14H,4-10H2,1-3H3. The zero-order valence-electron chi connectivity index (χ0n) is 10.0. The fourth-order valence-corrected chi connectivity index (χ4v) is 3.70. The molecule has 0 aromatic rings. The van der Waals surface area contributed by atoms with Crippen molar-refractivity contribution in [3.05, 3.63) is 0 Å². The van der Waals surface area contributed by atoms with Gasteiger partial charge >= 0.3 is 0 Å². The van der Waals surface area contributed by atoms with Crippen LogP contribution in [0.4, 0.5) is 0 Å². The molecule has 0 amide bonds. The maximum atomic E-state index is 3.52. The van der Waals surface area contributed by atoms with E-state index >= 15 is 0 Å². The van der Waals surface area contributed by atoms with Gasteiger partial charge in [-0.15, -0.1) is 0 Å². The zero-order chi connectivity index (χ0) is 10.2. The van der Waals surface area contributed by atoms with Crippen molar-refractivity contribution in [3.63, 3.8) is 0 Å². The first kappa shape index (κ1) is 10.5. The molecule has 1 heteroatoms. The van der Waals surface area contributed by atoms with E-state index in [2.05, 4.69) is 26.1 Å². The van der Waals surface area contributed by atoms with Gasteiger partial charge in [0.15, 0.2) is 0 Å². The highest BCUT2D eigenvalue weighted by Crippen LogP contribution is 2.69. The van der Waals surface area contributed by atoms with Crippen LogP contribution in [0.2, 0.25) is 0 Å². The molecule has 0 bridgehead atoms. The predicted molar refractivity (Wildman–Crippen MR) is 61.3 cm³/mol. The molecule has 0 aliphatic heterocycles. The summed E-state index contributed by atoms with van der Waals surface area (Å²) in [6, 6.07) is 0. The summed E-state index contributed by atoms with van der Waals surface area (Å²) in [6.07, 6.45) is 7.38. The summed E-state index contributed by atoms with van der Waals surface area (Å²) in [7, 11) is 0. The number of hydrogen-bond acceptors (Lipinski definition) is 1. The van der Waals surface area contributed by atoms with Crippen LogP contribution in [0.15, 0.2) is 0 Å². The topological polar surface area (TPSA) is 12.0 Å². The minimum atomic E-state index is 0.616. The van der Waals surface area contributed by atoms with E-state index in [1.807, 2.05) is 0 Å². The van der Waals surface area contributed by atoms with Gasteiger partial charge in [-0.2, -0.15) is 0 Å². The van der Waals surface area contributed by atoms with Crippen molar-refractivity contribution in [3.8, 4) is 0 Å². The number of rotatable bonds is 3. The lowest BCUT2D eigenvalue weighted by Gasteiger charge is -2.40. The lowest BCUT2D eigenvalue weighted by Crippen LogP contribution is -2.33. The first-order valence-corrected chi connectivity index (χ1v) is 6.33. The van der Waals surface area contributed by atoms with Gasteiger partial charge in [-0.05, 0) is 49.1 Å². The average Bonchev–Trinajstić information content (AvgIpc) is 2.83. The van der Waals surface area contributed by atoms with Crippen molar-refractivity contribution < 1.29 is 0 Å². The second-order valence-electron chi connectivity index (χ2n) is 5.96. The normalized spacial score (nSPS) is 40.1. The lowest BCUT2D eigenvalue weighted by molar-refractivity contribution is 0.0981. The van der Waals surface area contributed by atoms with Gasteiger partial charge in [-0.3, -0.25) is 0 Å². The van der Waals surface area contributed by atoms with Crippen LogP contribution < -0.4 is 5.32 Å². The molecular formula is C13H25N. The van der Waals surface area contributed by atoms with Crippen molar-refractivity contribution in [2.45, 2.75) is 52.9 Å². The number of hydrogen-bond donors (Lipinski definition) is 1. The van der Waals surface area contributed by atoms with E-state index < -0.39 is 0 Å². The molecule has 0 saturated heterocycles. The molecule has 0 heterocycles. The molecule has 2 unspecified atom stereocenters. The first-order valence-electron chi connectivity index (χ1n) is 6.33. The fourth-order valence-electron chi connectivity index (χ4n) is 3.70. The Kier molecular flexibility index (Phi) is 2.63. The summed E-state index contributed by atoms with van der Waals surface area (Å²) in [5.74, 6) is 0.984. The highest BCUT2D eigenvalue weighted by molar-refractivity contribution is 5.11. The minimum absolute atomic E-state index is 0.616. The molecule has 2 fully saturated rings. The summed E-state index contributed by atoms with van der Waals surface area (Å²) >= 11 is 0. The molecule has 1 spiro atoms. The third-order valence-corrected chi connectivity index (χ3v) is 4.90. The van der Waals surface area contributed by atoms with Gasteiger partial charge in [-0.25, -0.2) is 0 Å². The molecule has 2 rings (SSSR count). The van der Waals surface area contributed by atoms with Crippen molar-refractivity contribution >= 4 is 0 Å². The number of nitrogens with one attached hydrogen (secondary N) is 1. The smallest absolute Gasteiger partial charge is 0.00149 e. The minimum Gasteiger partial charge on any atom is -0.317 e. The largest absolute Gasteiger partial charge is 0.317 e. The van der Waals surface area contributed by atoms with Crippen LogP contribution in [-0.4, -0.2) is 13.1 Å². The Morgan fingerprint density at radius 1 is 1.21 bits per heavy atom. The second kappa shape index (κ2) is 3.52. The van der Waals surface area contributed by atoms with Crippen LogP contribution in [0, 0.1) is 16.7 Å². The van der Waals surface area contributed by atoms with Gasteiger partial charge in [0.2, 0.25) is 0 Å². The van der Waals surface area contributed by atoms with E-state index in [-0.39, 0.29) is 0 Å². The Morgan fingerprint density at radius 2 is 1.93 bits per heavy atom. The zero-order valence-corrected chi connectivity index (χ0v) is 10.0. The molecule has 1 N–H and O–H groups in total. The SMILES string of the molecule is CCNCC1CC12CCCCC2(C)C. The van der Waals surface area contributed by atoms with Gasteiger partial charge in [-0.1, -0.05) is 33.6 Å². The van der Waals surface area contributed by atoms with E-state index in [4.69, 9.17) is 0 Å². The molecule has 0 radical (unpaired) electrons. The van der Waals surface area contributed by atoms with Gasteiger partial charge in [0.1, 0.15) is 0 Å². The summed E-state index contributed by atoms with van der Waals surface area (Å²) in [6.45, 7) is 9.60. The highest BCUT2D eigenvalue weighted by atomic mass is 14.9. The Labute approximate surface area is 88.7 Å². The second-order valence-corrected chi connectivity index (χ2v) is 5.96. The van der Waals surface area contributed by atoms with Gasteiger partial charge in [0.25, 0.3) is 0 Å². The van der Waals surface area contributed by atoms with Crippen LogP contribution >= 0.6 is 0 Å². The Morgan fingerprint density at radius 3 is 2.57 bits per heavy atom. The lowest BCUT2D eigenvalue weighted by atomic mass is 9.65. The summed E-state index contributed by atoms with van der Waals surface area (Å²) < 4.78 is 0. The molecule has 1 nitrogen and oxygen atoms in total. The van der Waals surface area contributed by atoms with Crippen LogP contribution in [0.5, 0.6) is 0 Å². The maximum absolute atomic E-state index is 3.52. The van der Waals surface area contributed by atoms with Crippen molar-refractivity contribution in [1.29, 1.82) is 0 Å². The van der Waals surface area contributed by atoms with E-state index in [1.165, 1.54) is 38.6 Å². The summed E-state index contributed by atoms with van der Waals surface area (Å²) in [4.78, 5) is 0. The van der Waals surface area contributed by atoms with Crippen LogP contribution in [0.25, 0.3) is 0 Å². The quantitative estimate of drug-likeness (QED) is 0.729. The summed E-state index contributed by atoms with van der Waals surface area (Å²) in [5, 5.41) is 3.52. The molecule has 2 aliphatic carbocycles. The van der Waals surface area contributed by atoms with Gasteiger partial charge in [0, 0.05) is 0 Å². The van der Waals surface area contributed by atoms with Crippen molar-refractivity contribution in [1.82, 2.24) is 5.32 Å². The third-order valence-electron chi connectivity index (χ3n) is 4.90. The molecule has 0 aromatic carbocycles. The van der Waals surface area contributed by atoms with Crippen LogP contribution in [-0.2, 0) is 0 Å². The fraction of sp³-hybridized carbons (Fsp3) is 1.00. The Hall–Kier alpha value is -0.0400. The van der Waals surface area contributed by atoms with E-state index in [1.54, 1.807) is 0 Å². The van der Waals surface area contributed by atoms with Crippen molar-refractivity contribution in [2.75, 3.05) is 13.1 Å². The molecular weight excluding hydrogens is 170 g/mol. The van der Waals surface area contributed by atoms with Gasteiger partial charge in [0.05, 0.1) is 0 Å². The van der Waals surface area contributed by atoms with Crippen LogP contribution in [0.1, 0.15) is 52.9 Å². The van der Waals surface area contributed by atoms with E-state index in [0.29, 0.717) is 5.41 Å². The van der Waals surface area contributed by atoms with E-state index in [0.717, 1.165) is 17.9 Å². The Bertz CT molecular complexity index is 209. The molecule has 82 valence electrons. The Balaban J connectivity index is 1.96. The van der Waals surface area contributed by atoms with Gasteiger partial charge < -0.3 is 5.32 Å². The molecule has 0 aromatic heterocycles. The predicted octanol–water partition coefficient (Wildman–Crippen LogP) is 3.20. The van der Waals surface area contributed by atoms with Crippen LogP contribution in [0.3, 0.4) is 0 Å².